The molecule has 0 aliphatic heterocycles. The lowest BCUT2D eigenvalue weighted by molar-refractivity contribution is 1.28. The van der Waals surface area contributed by atoms with Crippen LogP contribution in [0.25, 0.3) is 51.1 Å². The summed E-state index contributed by atoms with van der Waals surface area (Å²) in [5, 5.41) is 0. The number of rotatable bonds is 14. The van der Waals surface area contributed by atoms with E-state index >= 15 is 0 Å². The van der Waals surface area contributed by atoms with E-state index in [0.29, 0.717) is 0 Å². The van der Waals surface area contributed by atoms with Crippen LogP contribution in [-0.2, 0) is 0 Å². The molecule has 2 heteroatoms. The van der Waals surface area contributed by atoms with Crippen molar-refractivity contribution in [2.24, 2.45) is 0 Å². The molecule has 306 valence electrons. The average molecular weight is 821 g/mol. The first-order valence-electron chi connectivity index (χ1n) is 21.6. The van der Waals surface area contributed by atoms with E-state index in [1.807, 2.05) is 12.2 Å². The van der Waals surface area contributed by atoms with Crippen LogP contribution in [0.2, 0.25) is 0 Å². The minimum atomic E-state index is 1.03. The fourth-order valence-corrected chi connectivity index (χ4v) is 8.07. The molecule has 0 unspecified atom stereocenters. The zero-order valence-electron chi connectivity index (χ0n) is 35.7. The van der Waals surface area contributed by atoms with Gasteiger partial charge < -0.3 is 9.80 Å². The Kier molecular flexibility index (Phi) is 12.5. The zero-order valence-corrected chi connectivity index (χ0v) is 35.7. The van der Waals surface area contributed by atoms with E-state index < -0.39 is 0 Å². The van der Waals surface area contributed by atoms with E-state index in [0.717, 1.165) is 56.4 Å². The van der Waals surface area contributed by atoms with Gasteiger partial charge in [0.05, 0.1) is 0 Å². The highest BCUT2D eigenvalue weighted by Crippen LogP contribution is 2.39. The maximum atomic E-state index is 4.01. The van der Waals surface area contributed by atoms with Crippen molar-refractivity contribution in [2.45, 2.75) is 0 Å². The van der Waals surface area contributed by atoms with Crippen LogP contribution in [0.5, 0.6) is 0 Å². The molecule has 2 nitrogen and oxygen atoms in total. The molecular weight excluding hydrogens is 773 g/mol. The Morgan fingerprint density at radius 3 is 0.844 bits per heavy atom. The number of allylic oxidation sites excluding steroid dienone is 4. The van der Waals surface area contributed by atoms with Crippen molar-refractivity contribution in [3.8, 4) is 33.4 Å². The molecule has 0 radical (unpaired) electrons. The summed E-state index contributed by atoms with van der Waals surface area (Å²) >= 11 is 0. The molecule has 0 spiro atoms. The minimum absolute atomic E-state index is 1.03. The Morgan fingerprint density at radius 2 is 0.562 bits per heavy atom. The van der Waals surface area contributed by atoms with Crippen molar-refractivity contribution in [1.29, 1.82) is 0 Å². The lowest BCUT2D eigenvalue weighted by Crippen LogP contribution is -2.10. The molecular formula is C62H48N2. The van der Waals surface area contributed by atoms with E-state index in [1.54, 1.807) is 6.08 Å². The average Bonchev–Trinajstić information content (AvgIpc) is 3.37. The third kappa shape index (κ3) is 9.38. The molecule has 64 heavy (non-hydrogen) atoms. The zero-order chi connectivity index (χ0) is 43.5. The fraction of sp³-hybridized carbons (Fsp3) is 0. The maximum absolute atomic E-state index is 4.01. The molecule has 9 rings (SSSR count). The molecule has 0 fully saturated rings. The molecule has 9 aromatic carbocycles. The normalized spacial score (nSPS) is 11.3. The summed E-state index contributed by atoms with van der Waals surface area (Å²) < 4.78 is 0. The number of nitrogens with zero attached hydrogens (tertiary/aromatic N) is 2. The summed E-state index contributed by atoms with van der Waals surface area (Å²) in [4.78, 5) is 4.62. The maximum Gasteiger partial charge on any atom is 0.0462 e. The summed E-state index contributed by atoms with van der Waals surface area (Å²) in [6, 6.07) is 84.1. The van der Waals surface area contributed by atoms with Gasteiger partial charge in [0, 0.05) is 34.1 Å². The molecule has 0 saturated carbocycles. The van der Waals surface area contributed by atoms with Gasteiger partial charge in [-0.15, -0.1) is 0 Å². The monoisotopic (exact) mass is 820 g/mol. The van der Waals surface area contributed by atoms with Crippen LogP contribution in [-0.4, -0.2) is 0 Å². The van der Waals surface area contributed by atoms with Gasteiger partial charge in [-0.3, -0.25) is 0 Å². The van der Waals surface area contributed by atoms with Gasteiger partial charge in [-0.05, 0) is 128 Å². The van der Waals surface area contributed by atoms with Gasteiger partial charge in [0.25, 0.3) is 0 Å². The van der Waals surface area contributed by atoms with E-state index in [9.17, 15) is 0 Å². The first-order valence-corrected chi connectivity index (χ1v) is 21.6. The van der Waals surface area contributed by atoms with E-state index in [1.165, 1.54) is 33.4 Å². The summed E-state index contributed by atoms with van der Waals surface area (Å²) in [5.41, 5.74) is 18.0. The molecule has 0 aliphatic rings. The van der Waals surface area contributed by atoms with Crippen LogP contribution in [0.1, 0.15) is 16.7 Å². The molecule has 0 amide bonds. The van der Waals surface area contributed by atoms with Crippen LogP contribution in [0.4, 0.5) is 34.1 Å². The number of hydrogen-bond donors (Lipinski definition) is 0. The quantitative estimate of drug-likeness (QED) is 0.0796. The predicted octanol–water partition coefficient (Wildman–Crippen LogP) is 17.6. The topological polar surface area (TPSA) is 6.48 Å². The van der Waals surface area contributed by atoms with Crippen LogP contribution in [0.3, 0.4) is 0 Å². The lowest BCUT2D eigenvalue weighted by atomic mass is 10.0. The van der Waals surface area contributed by atoms with E-state index in [-0.39, 0.29) is 0 Å². The third-order valence-electron chi connectivity index (χ3n) is 11.4. The molecule has 0 saturated heterocycles. The van der Waals surface area contributed by atoms with E-state index in [2.05, 4.69) is 272 Å². The first kappa shape index (κ1) is 40.9. The molecule has 0 bridgehead atoms. The van der Waals surface area contributed by atoms with Crippen LogP contribution >= 0.6 is 0 Å². The molecule has 0 aliphatic carbocycles. The highest BCUT2D eigenvalue weighted by Gasteiger charge is 2.15. The molecule has 0 N–H and O–H groups in total. The molecule has 0 aromatic heterocycles. The van der Waals surface area contributed by atoms with Gasteiger partial charge in [-0.2, -0.15) is 0 Å². The SMILES string of the molecule is C=C/C=C(\C=C)c1ccc(N(c2ccc(/C=C/c3ccc(N(c4ccc(-c5ccccc5)cc4)c4ccc(-c5ccccc5)cc4)cc3)cc2)c2ccc(-c3ccccc3)cc2)cc1. The number of hydrogen-bond acceptors (Lipinski definition) is 2. The van der Waals surface area contributed by atoms with Crippen molar-refractivity contribution >= 4 is 51.8 Å². The van der Waals surface area contributed by atoms with Crippen molar-refractivity contribution in [1.82, 2.24) is 0 Å². The number of anilines is 6. The van der Waals surface area contributed by atoms with Crippen molar-refractivity contribution in [2.75, 3.05) is 9.80 Å². The van der Waals surface area contributed by atoms with Gasteiger partial charge in [0.2, 0.25) is 0 Å². The molecule has 0 heterocycles. The Hall–Kier alpha value is -8.46. The van der Waals surface area contributed by atoms with Crippen LogP contribution in [0.15, 0.2) is 268 Å². The second-order valence-corrected chi connectivity index (χ2v) is 15.5. The molecule has 9 aromatic rings. The third-order valence-corrected chi connectivity index (χ3v) is 11.4. The van der Waals surface area contributed by atoms with Gasteiger partial charge in [0.1, 0.15) is 0 Å². The highest BCUT2D eigenvalue weighted by molar-refractivity contribution is 5.83. The Morgan fingerprint density at radius 1 is 0.297 bits per heavy atom. The largest absolute Gasteiger partial charge is 0.311 e. The smallest absolute Gasteiger partial charge is 0.0462 e. The van der Waals surface area contributed by atoms with Gasteiger partial charge in [-0.1, -0.05) is 207 Å². The van der Waals surface area contributed by atoms with Gasteiger partial charge in [0.15, 0.2) is 0 Å². The van der Waals surface area contributed by atoms with Gasteiger partial charge >= 0.3 is 0 Å². The second-order valence-electron chi connectivity index (χ2n) is 15.5. The van der Waals surface area contributed by atoms with Crippen LogP contribution in [0, 0.1) is 0 Å². The molecule has 0 atom stereocenters. The summed E-state index contributed by atoms with van der Waals surface area (Å²) in [7, 11) is 0. The van der Waals surface area contributed by atoms with Crippen molar-refractivity contribution in [3.63, 3.8) is 0 Å². The lowest BCUT2D eigenvalue weighted by Gasteiger charge is -2.26. The highest BCUT2D eigenvalue weighted by atomic mass is 15.1. The predicted molar refractivity (Wildman–Crippen MR) is 276 cm³/mol. The van der Waals surface area contributed by atoms with Crippen LogP contribution < -0.4 is 9.80 Å². The Balaban J connectivity index is 0.976. The van der Waals surface area contributed by atoms with E-state index in [4.69, 9.17) is 0 Å². The summed E-state index contributed by atoms with van der Waals surface area (Å²) in [6.07, 6.45) is 10.0. The minimum Gasteiger partial charge on any atom is -0.311 e. The Bertz CT molecular complexity index is 2900. The Labute approximate surface area is 378 Å². The number of benzene rings is 9. The van der Waals surface area contributed by atoms with Gasteiger partial charge in [-0.25, -0.2) is 0 Å². The fourth-order valence-electron chi connectivity index (χ4n) is 8.07. The van der Waals surface area contributed by atoms with Crippen molar-refractivity contribution < 1.29 is 0 Å². The standard InChI is InChI=1S/C62H48N2/c1-3-14-49(4-2)53-27-39-59(40-28-53)63(60-41-29-54(30-42-60)50-15-8-5-9-16-50)57-35-23-47(24-36-57)21-22-48-25-37-58(38-26-48)64(61-43-31-55(32-44-61)51-17-10-6-11-18-51)62-45-33-56(34-46-62)52-19-12-7-13-20-52/h3-46H,1-2H2/b22-21+,49-14+. The summed E-state index contributed by atoms with van der Waals surface area (Å²) in [5.74, 6) is 0. The summed E-state index contributed by atoms with van der Waals surface area (Å²) in [6.45, 7) is 7.88. The second kappa shape index (κ2) is 19.5. The first-order chi connectivity index (χ1) is 31.6. The van der Waals surface area contributed by atoms with Crippen molar-refractivity contribution in [3.05, 3.63) is 285 Å².